The van der Waals surface area contributed by atoms with Crippen LogP contribution in [0.3, 0.4) is 0 Å². The van der Waals surface area contributed by atoms with Gasteiger partial charge in [0.1, 0.15) is 11.7 Å². The molecule has 1 rings (SSSR count). The molecule has 0 spiro atoms. The molecule has 1 aromatic rings. The Labute approximate surface area is 95.2 Å². The van der Waals surface area contributed by atoms with Crippen LogP contribution in [0.2, 0.25) is 0 Å². The molecule has 0 aliphatic carbocycles. The largest absolute Gasteiger partial charge is 0.355 e. The summed E-state index contributed by atoms with van der Waals surface area (Å²) in [5.41, 5.74) is 6.02. The molecule has 0 aliphatic heterocycles. The lowest BCUT2D eigenvalue weighted by Crippen LogP contribution is -2.31. The molecule has 16 heavy (non-hydrogen) atoms. The second-order valence-electron chi connectivity index (χ2n) is 4.38. The molecule has 6 nitrogen and oxygen atoms in total. The number of carbonyl (C=O) groups is 1. The van der Waals surface area contributed by atoms with Gasteiger partial charge >= 0.3 is 0 Å². The summed E-state index contributed by atoms with van der Waals surface area (Å²) in [4.78, 5) is 11.6. The van der Waals surface area contributed by atoms with Gasteiger partial charge in [0.05, 0.1) is 11.7 Å². The first-order valence-corrected chi connectivity index (χ1v) is 5.35. The second kappa shape index (κ2) is 4.61. The molecule has 0 radical (unpaired) electrons. The maximum Gasteiger partial charge on any atom is 0.244 e. The molecular weight excluding hydrogens is 206 g/mol. The molecule has 1 heterocycles. The van der Waals surface area contributed by atoms with E-state index in [2.05, 4.69) is 15.6 Å². The third-order valence-electron chi connectivity index (χ3n) is 2.30. The Balaban J connectivity index is 2.82. The van der Waals surface area contributed by atoms with Gasteiger partial charge in [-0.3, -0.25) is 4.79 Å². The molecule has 1 aromatic heterocycles. The average molecular weight is 225 g/mol. The number of nitrogens with two attached hydrogens (primary N) is 1. The van der Waals surface area contributed by atoms with Crippen LogP contribution in [0.15, 0.2) is 6.20 Å². The zero-order valence-electron chi connectivity index (χ0n) is 10.2. The molecule has 6 heteroatoms. The SMILES string of the molecule is CCNC(=O)C(C)n1cc(C(C)(C)N)nn1. The van der Waals surface area contributed by atoms with E-state index in [4.69, 9.17) is 5.73 Å². The van der Waals surface area contributed by atoms with E-state index in [9.17, 15) is 4.79 Å². The Morgan fingerprint density at radius 1 is 1.69 bits per heavy atom. The van der Waals surface area contributed by atoms with Gasteiger partial charge in [-0.25, -0.2) is 4.68 Å². The Morgan fingerprint density at radius 3 is 2.75 bits per heavy atom. The van der Waals surface area contributed by atoms with Gasteiger partial charge < -0.3 is 11.1 Å². The maximum atomic E-state index is 11.6. The first-order chi connectivity index (χ1) is 7.36. The summed E-state index contributed by atoms with van der Waals surface area (Å²) in [6.45, 7) is 7.94. The Hall–Kier alpha value is -1.43. The van der Waals surface area contributed by atoms with E-state index in [0.717, 1.165) is 0 Å². The first kappa shape index (κ1) is 12.6. The van der Waals surface area contributed by atoms with E-state index in [1.165, 1.54) is 4.68 Å². The van der Waals surface area contributed by atoms with Gasteiger partial charge in [0.25, 0.3) is 0 Å². The molecule has 0 fully saturated rings. The van der Waals surface area contributed by atoms with Crippen molar-refractivity contribution in [1.29, 1.82) is 0 Å². The molecule has 0 saturated heterocycles. The van der Waals surface area contributed by atoms with Crippen molar-refractivity contribution in [2.75, 3.05) is 6.54 Å². The summed E-state index contributed by atoms with van der Waals surface area (Å²) in [5.74, 6) is -0.0752. The quantitative estimate of drug-likeness (QED) is 0.764. The highest BCUT2D eigenvalue weighted by Crippen LogP contribution is 2.14. The molecule has 0 aromatic carbocycles. The molecule has 3 N–H and O–H groups in total. The van der Waals surface area contributed by atoms with Crippen molar-refractivity contribution in [3.63, 3.8) is 0 Å². The van der Waals surface area contributed by atoms with Gasteiger partial charge in [0.2, 0.25) is 5.91 Å². The van der Waals surface area contributed by atoms with E-state index in [1.54, 1.807) is 13.1 Å². The van der Waals surface area contributed by atoms with E-state index >= 15 is 0 Å². The van der Waals surface area contributed by atoms with Crippen LogP contribution in [0, 0.1) is 0 Å². The number of aromatic nitrogens is 3. The van der Waals surface area contributed by atoms with Crippen molar-refractivity contribution < 1.29 is 4.79 Å². The van der Waals surface area contributed by atoms with E-state index in [0.29, 0.717) is 12.2 Å². The number of nitrogens with one attached hydrogen (secondary N) is 1. The standard InChI is InChI=1S/C10H19N5O/c1-5-12-9(16)7(2)15-6-8(13-14-15)10(3,4)11/h6-7H,5,11H2,1-4H3,(H,12,16). The number of likely N-dealkylation sites (N-methyl/N-ethyl adjacent to an activating group) is 1. The predicted molar refractivity (Wildman–Crippen MR) is 60.6 cm³/mol. The van der Waals surface area contributed by atoms with Crippen LogP contribution in [0.4, 0.5) is 0 Å². The highest BCUT2D eigenvalue weighted by atomic mass is 16.2. The van der Waals surface area contributed by atoms with Crippen molar-refractivity contribution in [3.05, 3.63) is 11.9 Å². The number of hydrogen-bond acceptors (Lipinski definition) is 4. The number of nitrogens with zero attached hydrogens (tertiary/aromatic N) is 3. The van der Waals surface area contributed by atoms with Crippen molar-refractivity contribution >= 4 is 5.91 Å². The number of carbonyl (C=O) groups excluding carboxylic acids is 1. The summed E-state index contributed by atoms with van der Waals surface area (Å²) in [6.07, 6.45) is 1.71. The van der Waals surface area contributed by atoms with Crippen LogP contribution in [-0.2, 0) is 10.3 Å². The topological polar surface area (TPSA) is 85.8 Å². The lowest BCUT2D eigenvalue weighted by molar-refractivity contribution is -0.124. The minimum atomic E-state index is -0.542. The van der Waals surface area contributed by atoms with Crippen molar-refractivity contribution in [1.82, 2.24) is 20.3 Å². The summed E-state index contributed by atoms with van der Waals surface area (Å²) >= 11 is 0. The fourth-order valence-electron chi connectivity index (χ4n) is 1.20. The lowest BCUT2D eigenvalue weighted by Gasteiger charge is -2.14. The van der Waals surface area contributed by atoms with Crippen LogP contribution >= 0.6 is 0 Å². The highest BCUT2D eigenvalue weighted by molar-refractivity contribution is 5.79. The smallest absolute Gasteiger partial charge is 0.244 e. The second-order valence-corrected chi connectivity index (χ2v) is 4.38. The molecular formula is C10H19N5O. The first-order valence-electron chi connectivity index (χ1n) is 5.35. The van der Waals surface area contributed by atoms with Crippen molar-refractivity contribution in [2.45, 2.75) is 39.3 Å². The monoisotopic (exact) mass is 225 g/mol. The Bertz CT molecular complexity index is 366. The zero-order valence-corrected chi connectivity index (χ0v) is 10.2. The normalized spacial score (nSPS) is 13.6. The van der Waals surface area contributed by atoms with E-state index < -0.39 is 5.54 Å². The predicted octanol–water partition coefficient (Wildman–Crippen LogP) is 0.169. The summed E-state index contributed by atoms with van der Waals surface area (Å²) < 4.78 is 1.52. The third kappa shape index (κ3) is 2.79. The third-order valence-corrected chi connectivity index (χ3v) is 2.30. The lowest BCUT2D eigenvalue weighted by atomic mass is 10.0. The van der Waals surface area contributed by atoms with Gasteiger partial charge in [0, 0.05) is 6.54 Å². The van der Waals surface area contributed by atoms with Crippen LogP contribution in [0.5, 0.6) is 0 Å². The summed E-state index contributed by atoms with van der Waals surface area (Å²) in [7, 11) is 0. The van der Waals surface area contributed by atoms with Gasteiger partial charge in [0.15, 0.2) is 0 Å². The van der Waals surface area contributed by atoms with Gasteiger partial charge in [-0.1, -0.05) is 5.21 Å². The fraction of sp³-hybridized carbons (Fsp3) is 0.700. The minimum absolute atomic E-state index is 0.0752. The number of hydrogen-bond donors (Lipinski definition) is 2. The van der Waals surface area contributed by atoms with Crippen LogP contribution < -0.4 is 11.1 Å². The van der Waals surface area contributed by atoms with Crippen LogP contribution in [-0.4, -0.2) is 27.4 Å². The van der Waals surface area contributed by atoms with E-state index in [-0.39, 0.29) is 11.9 Å². The van der Waals surface area contributed by atoms with Crippen LogP contribution in [0.25, 0.3) is 0 Å². The molecule has 0 saturated carbocycles. The molecule has 1 amide bonds. The number of amides is 1. The van der Waals surface area contributed by atoms with Gasteiger partial charge in [-0.15, -0.1) is 5.10 Å². The highest BCUT2D eigenvalue weighted by Gasteiger charge is 2.21. The van der Waals surface area contributed by atoms with Crippen LogP contribution in [0.1, 0.15) is 39.4 Å². The minimum Gasteiger partial charge on any atom is -0.355 e. The maximum absolute atomic E-state index is 11.6. The summed E-state index contributed by atoms with van der Waals surface area (Å²) in [6, 6.07) is -0.372. The molecule has 0 aliphatic rings. The van der Waals surface area contributed by atoms with E-state index in [1.807, 2.05) is 20.8 Å². The fourth-order valence-corrected chi connectivity index (χ4v) is 1.20. The van der Waals surface area contributed by atoms with Crippen molar-refractivity contribution in [2.24, 2.45) is 5.73 Å². The Morgan fingerprint density at radius 2 is 2.31 bits per heavy atom. The molecule has 1 unspecified atom stereocenters. The molecule has 0 bridgehead atoms. The van der Waals surface area contributed by atoms with Crippen molar-refractivity contribution in [3.8, 4) is 0 Å². The zero-order chi connectivity index (χ0) is 12.3. The summed E-state index contributed by atoms with van der Waals surface area (Å²) in [5, 5.41) is 10.6. The number of rotatable bonds is 4. The average Bonchev–Trinajstić information content (AvgIpc) is 2.65. The molecule has 1 atom stereocenters. The van der Waals surface area contributed by atoms with Gasteiger partial charge in [-0.05, 0) is 27.7 Å². The van der Waals surface area contributed by atoms with Gasteiger partial charge in [-0.2, -0.15) is 0 Å². The molecule has 90 valence electrons. The Kier molecular flexibility index (Phi) is 3.64.